The largest absolute Gasteiger partial charge is 0.480 e. The number of hydrogen-bond acceptors (Lipinski definition) is 18. The molecule has 0 bridgehead atoms. The molecule has 11 atom stereocenters. The first-order chi connectivity index (χ1) is 35.9. The minimum atomic E-state index is -1.74. The summed E-state index contributed by atoms with van der Waals surface area (Å²) in [6.07, 6.45) is 1.80. The maximum atomic E-state index is 14.2. The number of amides is 9. The number of nitrogens with two attached hydrogens (primary N) is 5. The summed E-state index contributed by atoms with van der Waals surface area (Å²) in [5, 5.41) is 59.0. The number of carbonyl (C=O) groups excluding carboxylic acids is 9. The van der Waals surface area contributed by atoms with Crippen LogP contribution in [0.4, 0.5) is 0 Å². The molecular weight excluding hydrogens is 1000 g/mol. The molecule has 0 aromatic carbocycles. The Bertz CT molecular complexity index is 2120. The molecule has 0 aliphatic carbocycles. The van der Waals surface area contributed by atoms with Gasteiger partial charge in [-0.3, -0.25) is 48.6 Å². The summed E-state index contributed by atoms with van der Waals surface area (Å²) in [5.41, 5.74) is 28.9. The zero-order chi connectivity index (χ0) is 57.2. The number of carbonyl (C=O) groups is 10. The molecule has 9 amide bonds. The fourth-order valence-electron chi connectivity index (χ4n) is 7.88. The summed E-state index contributed by atoms with van der Waals surface area (Å²) in [5.74, 6) is -9.79. The standard InChI is InChI=1S/C45H80N18O13/c1-22(2)17-30(59-38(69)29(11-14-48)56-37(68)27(7-5-15-53-45(50)51)58-42(73)33-8-6-16-63(33)43(74)26(49)9-12-46)39(70)60-31(18-25-19-52-21-54-25)40(71)61-32(20-64)41(72)57-28(10-13-47)36(67)55-23(3)35(66)62-34(24(4)65)44(75)76/h19,21-24,26-34,64-65H,5-18,20,46-49H2,1-4H3,(H,52,54)(H,55,67)(H,56,68)(H,57,72)(H,58,73)(H,59,69)(H,60,70)(H,61,71)(H,62,66)(H,75,76)(H4,50,51,53)/t23-,24+,26-,27-,28-,29-,30-,31-,32-,33-,34-/m0/s1. The second-order valence-corrected chi connectivity index (χ2v) is 18.8. The van der Waals surface area contributed by atoms with Crippen molar-refractivity contribution in [1.82, 2.24) is 62.7 Å². The van der Waals surface area contributed by atoms with E-state index in [9.17, 15) is 63.3 Å². The fraction of sp³-hybridized carbons (Fsp3) is 0.689. The summed E-state index contributed by atoms with van der Waals surface area (Å²) < 4.78 is 0. The molecule has 24 N–H and O–H groups in total. The monoisotopic (exact) mass is 1080 g/mol. The molecule has 1 aromatic rings. The topological polar surface area (TPSA) is 526 Å². The highest BCUT2D eigenvalue weighted by Crippen LogP contribution is 2.19. The Labute approximate surface area is 439 Å². The van der Waals surface area contributed by atoms with E-state index in [2.05, 4.69) is 57.8 Å². The Morgan fingerprint density at radius 1 is 0.724 bits per heavy atom. The van der Waals surface area contributed by atoms with Crippen molar-refractivity contribution in [2.45, 2.75) is 152 Å². The molecular formula is C45H80N18O13. The highest BCUT2D eigenvalue weighted by Gasteiger charge is 2.39. The van der Waals surface area contributed by atoms with E-state index in [0.717, 1.165) is 6.92 Å². The molecule has 1 fully saturated rings. The second-order valence-electron chi connectivity index (χ2n) is 18.8. The molecule has 31 heteroatoms. The Morgan fingerprint density at radius 3 is 1.75 bits per heavy atom. The van der Waals surface area contributed by atoms with E-state index in [-0.39, 0.29) is 95.2 Å². The van der Waals surface area contributed by atoms with Gasteiger partial charge in [-0.25, -0.2) is 9.78 Å². The first-order valence-electron chi connectivity index (χ1n) is 25.1. The number of nitrogens with zero attached hydrogens (tertiary/aromatic N) is 2. The molecule has 0 radical (unpaired) electrons. The normalized spacial score (nSPS) is 17.1. The number of imidazole rings is 1. The maximum absolute atomic E-state index is 14.2. The van der Waals surface area contributed by atoms with Gasteiger partial charge >= 0.3 is 5.97 Å². The minimum Gasteiger partial charge on any atom is -0.480 e. The van der Waals surface area contributed by atoms with Gasteiger partial charge in [-0.1, -0.05) is 13.8 Å². The maximum Gasteiger partial charge on any atom is 0.328 e. The predicted molar refractivity (Wildman–Crippen MR) is 272 cm³/mol. The first-order valence-corrected chi connectivity index (χ1v) is 25.1. The Kier molecular flexibility index (Phi) is 28.3. The molecule has 1 aliphatic rings. The van der Waals surface area contributed by atoms with Gasteiger partial charge in [0, 0.05) is 25.7 Å². The molecule has 0 spiro atoms. The highest BCUT2D eigenvalue weighted by molar-refractivity contribution is 5.98. The summed E-state index contributed by atoms with van der Waals surface area (Å²) in [7, 11) is 0. The summed E-state index contributed by atoms with van der Waals surface area (Å²) in [6, 6.07) is -13.6. The van der Waals surface area contributed by atoms with E-state index in [1.807, 2.05) is 0 Å². The zero-order valence-electron chi connectivity index (χ0n) is 43.4. The van der Waals surface area contributed by atoms with Gasteiger partial charge < -0.3 is 102 Å². The van der Waals surface area contributed by atoms with Gasteiger partial charge in [-0.2, -0.15) is 0 Å². The molecule has 76 heavy (non-hydrogen) atoms. The van der Waals surface area contributed by atoms with Gasteiger partial charge in [-0.05, 0) is 90.8 Å². The van der Waals surface area contributed by atoms with Crippen molar-refractivity contribution < 1.29 is 63.3 Å². The Morgan fingerprint density at radius 2 is 1.24 bits per heavy atom. The Hall–Kier alpha value is -7.06. The zero-order valence-corrected chi connectivity index (χ0v) is 43.4. The Balaban J connectivity index is 2.32. The van der Waals surface area contributed by atoms with Gasteiger partial charge in [0.2, 0.25) is 53.2 Å². The number of aliphatic hydroxyl groups is 2. The average molecular weight is 1080 g/mol. The van der Waals surface area contributed by atoms with Gasteiger partial charge in [0.25, 0.3) is 0 Å². The number of aromatic amines is 1. The van der Waals surface area contributed by atoms with Gasteiger partial charge in [0.05, 0.1) is 30.8 Å². The number of aliphatic carboxylic acids is 1. The van der Waals surface area contributed by atoms with Crippen molar-refractivity contribution in [3.05, 3.63) is 18.2 Å². The van der Waals surface area contributed by atoms with Crippen LogP contribution in [0.15, 0.2) is 12.5 Å². The predicted octanol–water partition coefficient (Wildman–Crippen LogP) is -8.02. The summed E-state index contributed by atoms with van der Waals surface area (Å²) in [4.78, 5) is 142. The lowest BCUT2D eigenvalue weighted by Crippen LogP contribution is -2.61. The lowest BCUT2D eigenvalue weighted by molar-refractivity contribution is -0.145. The number of aromatic nitrogens is 2. The van der Waals surface area contributed by atoms with Crippen molar-refractivity contribution >= 4 is 65.1 Å². The molecule has 0 saturated carbocycles. The molecule has 428 valence electrons. The molecule has 31 nitrogen and oxygen atoms in total. The molecule has 2 heterocycles. The van der Waals surface area contributed by atoms with E-state index in [4.69, 9.17) is 34.1 Å². The van der Waals surface area contributed by atoms with E-state index in [1.54, 1.807) is 13.8 Å². The average Bonchev–Trinajstić information content (AvgIpc) is 4.07. The number of guanidine groups is 1. The highest BCUT2D eigenvalue weighted by atomic mass is 16.4. The van der Waals surface area contributed by atoms with E-state index in [1.165, 1.54) is 24.3 Å². The number of carboxylic acids is 1. The van der Waals surface area contributed by atoms with E-state index < -0.39 is 132 Å². The van der Waals surface area contributed by atoms with Crippen molar-refractivity contribution in [2.24, 2.45) is 34.6 Å². The van der Waals surface area contributed by atoms with Crippen LogP contribution in [0.5, 0.6) is 0 Å². The van der Waals surface area contributed by atoms with Crippen LogP contribution in [0.2, 0.25) is 0 Å². The SMILES string of the molecule is CC(C)C[C@H](NC(=O)[C@H](CCN)NC(=O)[C@H](CCCNC(=N)N)NC(=O)[C@@H]1CCCN1C(=O)[C@@H](N)CCN)C(=O)N[C@@H](Cc1c[nH]cn1)C(=O)N[C@@H](CO)C(=O)N[C@@H](CCN)C(=O)N[C@@H](C)C(=O)N[C@H](C(=O)O)[C@@H](C)O. The molecule has 1 saturated heterocycles. The number of likely N-dealkylation sites (tertiary alicyclic amines) is 1. The van der Waals surface area contributed by atoms with E-state index in [0.29, 0.717) is 12.8 Å². The molecule has 2 rings (SSSR count). The number of nitrogens with one attached hydrogen (secondary N) is 11. The molecule has 1 aliphatic heterocycles. The lowest BCUT2D eigenvalue weighted by Gasteiger charge is -2.29. The van der Waals surface area contributed by atoms with E-state index >= 15 is 0 Å². The van der Waals surface area contributed by atoms with Crippen LogP contribution >= 0.6 is 0 Å². The third-order valence-electron chi connectivity index (χ3n) is 12.0. The second kappa shape index (κ2) is 33.1. The van der Waals surface area contributed by atoms with Gasteiger partial charge in [-0.15, -0.1) is 0 Å². The smallest absolute Gasteiger partial charge is 0.328 e. The summed E-state index contributed by atoms with van der Waals surface area (Å²) >= 11 is 0. The number of aliphatic hydroxyl groups excluding tert-OH is 2. The number of carboxylic acid groups (broad SMARTS) is 1. The molecule has 0 unspecified atom stereocenters. The number of hydrogen-bond donors (Lipinski definition) is 19. The van der Waals surface area contributed by atoms with Gasteiger partial charge in [0.1, 0.15) is 48.3 Å². The quantitative estimate of drug-likeness (QED) is 0.0173. The van der Waals surface area contributed by atoms with Crippen molar-refractivity contribution in [3.63, 3.8) is 0 Å². The van der Waals surface area contributed by atoms with Crippen LogP contribution in [0.3, 0.4) is 0 Å². The van der Waals surface area contributed by atoms with Crippen LogP contribution in [0, 0.1) is 11.3 Å². The number of rotatable bonds is 34. The minimum absolute atomic E-state index is 0.00176. The van der Waals surface area contributed by atoms with Crippen LogP contribution in [-0.2, 0) is 54.4 Å². The van der Waals surface area contributed by atoms with Crippen molar-refractivity contribution in [1.29, 1.82) is 5.41 Å². The number of H-pyrrole nitrogens is 1. The fourth-order valence-corrected chi connectivity index (χ4v) is 7.88. The summed E-state index contributed by atoms with van der Waals surface area (Å²) in [6.45, 7) is 5.10. The third kappa shape index (κ3) is 21.7. The third-order valence-corrected chi connectivity index (χ3v) is 12.0. The molecule has 1 aromatic heterocycles. The first kappa shape index (κ1) is 65.1. The van der Waals surface area contributed by atoms with Gasteiger partial charge in [0.15, 0.2) is 12.0 Å². The van der Waals surface area contributed by atoms with Crippen LogP contribution in [0.1, 0.15) is 84.8 Å². The van der Waals surface area contributed by atoms with Crippen molar-refractivity contribution in [2.75, 3.05) is 39.3 Å². The van der Waals surface area contributed by atoms with Crippen LogP contribution in [-0.4, -0.2) is 201 Å². The van der Waals surface area contributed by atoms with Crippen LogP contribution < -0.4 is 76.5 Å². The van der Waals surface area contributed by atoms with Crippen molar-refractivity contribution in [3.8, 4) is 0 Å². The van der Waals surface area contributed by atoms with Crippen LogP contribution in [0.25, 0.3) is 0 Å². The lowest BCUT2D eigenvalue weighted by atomic mass is 10.0.